The lowest BCUT2D eigenvalue weighted by atomic mass is 10.1. The number of pyridine rings is 1. The summed E-state index contributed by atoms with van der Waals surface area (Å²) in [7, 11) is 0. The van der Waals surface area contributed by atoms with Crippen LogP contribution in [0.25, 0.3) is 0 Å². The molecule has 19 heavy (non-hydrogen) atoms. The van der Waals surface area contributed by atoms with Crippen LogP contribution in [0.1, 0.15) is 21.5 Å². The molecule has 2 rings (SSSR count). The Hall–Kier alpha value is -1.39. The number of benzene rings is 1. The maximum atomic E-state index is 12.0. The highest BCUT2D eigenvalue weighted by Gasteiger charge is 2.07. The highest BCUT2D eigenvalue weighted by atomic mass is 79.9. The smallest absolute Gasteiger partial charge is 0.256 e. The van der Waals surface area contributed by atoms with Gasteiger partial charge in [-0.3, -0.25) is 4.79 Å². The number of nitrogens with zero attached hydrogens (tertiary/aromatic N) is 1. The molecule has 0 atom stereocenters. The van der Waals surface area contributed by atoms with Crippen LogP contribution in [-0.2, 0) is 5.88 Å². The fourth-order valence-electron chi connectivity index (χ4n) is 1.54. The summed E-state index contributed by atoms with van der Waals surface area (Å²) in [5.74, 6) is 0.789. The first kappa shape index (κ1) is 14.0. The van der Waals surface area contributed by atoms with Gasteiger partial charge in [0, 0.05) is 22.1 Å². The Morgan fingerprint density at radius 2 is 2.05 bits per heavy atom. The van der Waals surface area contributed by atoms with Gasteiger partial charge < -0.3 is 5.32 Å². The van der Waals surface area contributed by atoms with Gasteiger partial charge >= 0.3 is 0 Å². The van der Waals surface area contributed by atoms with E-state index in [4.69, 9.17) is 11.6 Å². The van der Waals surface area contributed by atoms with E-state index in [1.165, 1.54) is 0 Å². The first-order valence-corrected chi connectivity index (χ1v) is 7.01. The largest absolute Gasteiger partial charge is 0.307 e. The van der Waals surface area contributed by atoms with E-state index in [1.807, 2.05) is 25.1 Å². The van der Waals surface area contributed by atoms with Gasteiger partial charge in [0.05, 0.1) is 0 Å². The molecule has 1 heterocycles. The molecule has 0 unspecified atom stereocenters. The molecule has 1 aromatic carbocycles. The van der Waals surface area contributed by atoms with Crippen molar-refractivity contribution in [3.8, 4) is 0 Å². The number of anilines is 1. The zero-order valence-corrected chi connectivity index (χ0v) is 12.6. The Bertz CT molecular complexity index is 599. The monoisotopic (exact) mass is 338 g/mol. The Kier molecular flexibility index (Phi) is 4.56. The summed E-state index contributed by atoms with van der Waals surface area (Å²) in [6.45, 7) is 1.94. The topological polar surface area (TPSA) is 42.0 Å². The number of hydrogen-bond donors (Lipinski definition) is 1. The molecular weight excluding hydrogens is 328 g/mol. The van der Waals surface area contributed by atoms with Crippen molar-refractivity contribution in [2.24, 2.45) is 0 Å². The van der Waals surface area contributed by atoms with Crippen LogP contribution in [0.15, 0.2) is 41.0 Å². The van der Waals surface area contributed by atoms with Crippen LogP contribution in [0.5, 0.6) is 0 Å². The van der Waals surface area contributed by atoms with Crippen molar-refractivity contribution < 1.29 is 4.79 Å². The standard InChI is InChI=1S/C14H12BrClN2O/c1-9-6-13(17-8-12(9)15)18-14(19)11-4-2-10(7-16)3-5-11/h2-6,8H,7H2,1H3,(H,17,18,19). The third-order valence-electron chi connectivity index (χ3n) is 2.66. The molecule has 0 spiro atoms. The van der Waals surface area contributed by atoms with Crippen molar-refractivity contribution in [3.05, 3.63) is 57.7 Å². The fourth-order valence-corrected chi connectivity index (χ4v) is 1.94. The summed E-state index contributed by atoms with van der Waals surface area (Å²) >= 11 is 9.07. The van der Waals surface area contributed by atoms with Gasteiger partial charge in [-0.25, -0.2) is 4.98 Å². The SMILES string of the molecule is Cc1cc(NC(=O)c2ccc(CCl)cc2)ncc1Br. The fraction of sp³-hybridized carbons (Fsp3) is 0.143. The summed E-state index contributed by atoms with van der Waals surface area (Å²) in [6.07, 6.45) is 1.67. The minimum absolute atomic E-state index is 0.185. The number of nitrogens with one attached hydrogen (secondary N) is 1. The van der Waals surface area contributed by atoms with Crippen LogP contribution in [0.4, 0.5) is 5.82 Å². The molecule has 1 aromatic heterocycles. The van der Waals surface area contributed by atoms with E-state index in [2.05, 4.69) is 26.2 Å². The number of hydrogen-bond acceptors (Lipinski definition) is 2. The van der Waals surface area contributed by atoms with E-state index in [0.717, 1.165) is 15.6 Å². The quantitative estimate of drug-likeness (QED) is 0.854. The highest BCUT2D eigenvalue weighted by Crippen LogP contribution is 2.17. The van der Waals surface area contributed by atoms with Crippen LogP contribution in [-0.4, -0.2) is 10.9 Å². The maximum absolute atomic E-state index is 12.0. The molecule has 0 saturated heterocycles. The van der Waals surface area contributed by atoms with Crippen LogP contribution < -0.4 is 5.32 Å². The molecule has 0 bridgehead atoms. The molecule has 98 valence electrons. The number of carbonyl (C=O) groups is 1. The van der Waals surface area contributed by atoms with Crippen molar-refractivity contribution in [2.45, 2.75) is 12.8 Å². The summed E-state index contributed by atoms with van der Waals surface area (Å²) in [5.41, 5.74) is 2.58. The molecule has 1 N–H and O–H groups in total. The van der Waals surface area contributed by atoms with Crippen molar-refractivity contribution in [1.29, 1.82) is 0 Å². The van der Waals surface area contributed by atoms with E-state index in [1.54, 1.807) is 18.3 Å². The minimum Gasteiger partial charge on any atom is -0.307 e. The molecule has 0 aliphatic heterocycles. The van der Waals surface area contributed by atoms with Crippen molar-refractivity contribution >= 4 is 39.3 Å². The molecule has 0 saturated carbocycles. The summed E-state index contributed by atoms with van der Waals surface area (Å²) in [5, 5.41) is 2.76. The maximum Gasteiger partial charge on any atom is 0.256 e. The van der Waals surface area contributed by atoms with Gasteiger partial charge in [-0.05, 0) is 52.2 Å². The van der Waals surface area contributed by atoms with E-state index < -0.39 is 0 Å². The number of rotatable bonds is 3. The second-order valence-electron chi connectivity index (χ2n) is 4.10. The van der Waals surface area contributed by atoms with Gasteiger partial charge in [0.1, 0.15) is 5.82 Å². The lowest BCUT2D eigenvalue weighted by Gasteiger charge is -2.06. The number of carbonyl (C=O) groups excluding carboxylic acids is 1. The number of aromatic nitrogens is 1. The molecule has 0 fully saturated rings. The van der Waals surface area contributed by atoms with Crippen LogP contribution in [0, 0.1) is 6.92 Å². The average molecular weight is 340 g/mol. The zero-order valence-electron chi connectivity index (χ0n) is 10.3. The van der Waals surface area contributed by atoms with E-state index >= 15 is 0 Å². The van der Waals surface area contributed by atoms with Crippen molar-refractivity contribution in [3.63, 3.8) is 0 Å². The third kappa shape index (κ3) is 3.55. The summed E-state index contributed by atoms with van der Waals surface area (Å²) in [6, 6.07) is 8.98. The molecule has 0 aliphatic carbocycles. The average Bonchev–Trinajstić information content (AvgIpc) is 2.43. The predicted molar refractivity (Wildman–Crippen MR) is 80.6 cm³/mol. The van der Waals surface area contributed by atoms with Crippen molar-refractivity contribution in [2.75, 3.05) is 5.32 Å². The van der Waals surface area contributed by atoms with Crippen LogP contribution >= 0.6 is 27.5 Å². The predicted octanol–water partition coefficient (Wildman–Crippen LogP) is 4.14. The Balaban J connectivity index is 2.13. The minimum atomic E-state index is -0.185. The van der Waals surface area contributed by atoms with Crippen LogP contribution in [0.2, 0.25) is 0 Å². The van der Waals surface area contributed by atoms with Gasteiger partial charge in [-0.2, -0.15) is 0 Å². The van der Waals surface area contributed by atoms with E-state index in [9.17, 15) is 4.79 Å². The Labute approximate surface area is 125 Å². The van der Waals surface area contributed by atoms with E-state index in [0.29, 0.717) is 17.3 Å². The third-order valence-corrected chi connectivity index (χ3v) is 3.80. The second-order valence-corrected chi connectivity index (χ2v) is 5.23. The lowest BCUT2D eigenvalue weighted by molar-refractivity contribution is 0.102. The molecule has 0 aliphatic rings. The first-order chi connectivity index (χ1) is 9.10. The second kappa shape index (κ2) is 6.17. The number of alkyl halides is 1. The Morgan fingerprint density at radius 1 is 1.37 bits per heavy atom. The van der Waals surface area contributed by atoms with Crippen molar-refractivity contribution in [1.82, 2.24) is 4.98 Å². The lowest BCUT2D eigenvalue weighted by Crippen LogP contribution is -2.13. The molecular formula is C14H12BrClN2O. The molecule has 3 nitrogen and oxygen atoms in total. The van der Waals surface area contributed by atoms with Gasteiger partial charge in [0.15, 0.2) is 0 Å². The Morgan fingerprint density at radius 3 is 2.63 bits per heavy atom. The van der Waals surface area contributed by atoms with E-state index in [-0.39, 0.29) is 5.91 Å². The number of aryl methyl sites for hydroxylation is 1. The normalized spacial score (nSPS) is 10.3. The summed E-state index contributed by atoms with van der Waals surface area (Å²) in [4.78, 5) is 16.2. The van der Waals surface area contributed by atoms with Gasteiger partial charge in [0.2, 0.25) is 0 Å². The highest BCUT2D eigenvalue weighted by molar-refractivity contribution is 9.10. The molecule has 1 amide bonds. The van der Waals surface area contributed by atoms with Gasteiger partial charge in [-0.15, -0.1) is 11.6 Å². The molecule has 5 heteroatoms. The molecule has 2 aromatic rings. The summed E-state index contributed by atoms with van der Waals surface area (Å²) < 4.78 is 0.914. The molecule has 0 radical (unpaired) electrons. The number of amides is 1. The van der Waals surface area contributed by atoms with Crippen LogP contribution in [0.3, 0.4) is 0 Å². The van der Waals surface area contributed by atoms with Gasteiger partial charge in [-0.1, -0.05) is 12.1 Å². The zero-order chi connectivity index (χ0) is 13.8. The number of halogens is 2. The first-order valence-electron chi connectivity index (χ1n) is 5.68. The van der Waals surface area contributed by atoms with Gasteiger partial charge in [0.25, 0.3) is 5.91 Å².